The van der Waals surface area contributed by atoms with E-state index in [1.807, 2.05) is 0 Å². The molecule has 0 bridgehead atoms. The monoisotopic (exact) mass is 493 g/mol. The number of hydrogen-bond acceptors (Lipinski definition) is 2. The largest absolute Gasteiger partial charge is 0.342 e. The zero-order valence-corrected chi connectivity index (χ0v) is 24.1. The van der Waals surface area contributed by atoms with E-state index in [1.165, 1.54) is 128 Å². The van der Waals surface area contributed by atoms with Crippen molar-refractivity contribution in [2.24, 2.45) is 0 Å². The molecule has 0 aliphatic carbocycles. The number of hydrogen-bond donors (Lipinski definition) is 1. The number of aromatic nitrogens is 2. The molecule has 0 amide bonds. The lowest BCUT2D eigenvalue weighted by Crippen LogP contribution is -2.03. The summed E-state index contributed by atoms with van der Waals surface area (Å²) in [7, 11) is 0. The van der Waals surface area contributed by atoms with Crippen LogP contribution in [0.25, 0.3) is 11.0 Å². The summed E-state index contributed by atoms with van der Waals surface area (Å²) in [6.45, 7) is 9.10. The predicted molar refractivity (Wildman–Crippen MR) is 157 cm³/mol. The first kappa shape index (κ1) is 30.4. The second kappa shape index (κ2) is 18.4. The van der Waals surface area contributed by atoms with Gasteiger partial charge in [-0.25, -0.2) is 4.98 Å². The summed E-state index contributed by atoms with van der Waals surface area (Å²) in [5.74, 6) is 2.08. The molecule has 0 aliphatic heterocycles. The van der Waals surface area contributed by atoms with Crippen molar-refractivity contribution in [1.82, 2.24) is 9.97 Å². The van der Waals surface area contributed by atoms with Crippen molar-refractivity contribution in [3.63, 3.8) is 0 Å². The quantitative estimate of drug-likeness (QED) is 0.176. The smallest absolute Gasteiger partial charge is 0.110 e. The van der Waals surface area contributed by atoms with Crippen LogP contribution in [0.1, 0.15) is 178 Å². The summed E-state index contributed by atoms with van der Waals surface area (Å²) in [4.78, 5) is 8.82. The van der Waals surface area contributed by atoms with Crippen LogP contribution >= 0.6 is 0 Å². The molecule has 2 rings (SSSR count). The van der Waals surface area contributed by atoms with Gasteiger partial charge in [0.15, 0.2) is 0 Å². The molecule has 3 heteroatoms. The summed E-state index contributed by atoms with van der Waals surface area (Å²) in [5.41, 5.74) is 4.05. The van der Waals surface area contributed by atoms with E-state index in [0.29, 0.717) is 11.8 Å². The molecule has 36 heavy (non-hydrogen) atoms. The molecule has 0 spiro atoms. The summed E-state index contributed by atoms with van der Waals surface area (Å²) < 4.78 is 0. The molecular weight excluding hydrogens is 438 g/mol. The van der Waals surface area contributed by atoms with Gasteiger partial charge in [0.1, 0.15) is 17.4 Å². The fourth-order valence-electron chi connectivity index (χ4n) is 5.71. The van der Waals surface area contributed by atoms with Crippen LogP contribution in [0, 0.1) is 11.3 Å². The van der Waals surface area contributed by atoms with Gasteiger partial charge in [0.05, 0.1) is 11.1 Å². The standard InChI is InChI=1S/C33H55N3/c1-5-9-13-16-19-23-28(22-18-15-11-7-3)33-35-31-25-24-29(30(26-34)32(31)36-33)27(20-12-8-4)21-17-14-10-6-2/h24-25,27-28H,5-23H2,1-4H3,(H,35,36). The highest BCUT2D eigenvalue weighted by atomic mass is 14.9. The van der Waals surface area contributed by atoms with Crippen LogP contribution in [0.5, 0.6) is 0 Å². The topological polar surface area (TPSA) is 52.5 Å². The minimum absolute atomic E-state index is 0.476. The Balaban J connectivity index is 2.27. The molecule has 202 valence electrons. The van der Waals surface area contributed by atoms with Crippen LogP contribution in [-0.2, 0) is 0 Å². The van der Waals surface area contributed by atoms with Gasteiger partial charge >= 0.3 is 0 Å². The lowest BCUT2D eigenvalue weighted by Gasteiger charge is -2.18. The number of aromatic amines is 1. The van der Waals surface area contributed by atoms with Gasteiger partial charge in [0.2, 0.25) is 0 Å². The summed E-state index contributed by atoms with van der Waals surface area (Å²) in [6, 6.07) is 7.04. The van der Waals surface area contributed by atoms with E-state index in [2.05, 4.69) is 50.9 Å². The van der Waals surface area contributed by atoms with Gasteiger partial charge in [-0.05, 0) is 43.2 Å². The summed E-state index contributed by atoms with van der Waals surface area (Å²) >= 11 is 0. The Kier molecular flexibility index (Phi) is 15.6. The molecule has 1 aromatic carbocycles. The van der Waals surface area contributed by atoms with Crippen molar-refractivity contribution in [2.75, 3.05) is 0 Å². The van der Waals surface area contributed by atoms with Gasteiger partial charge < -0.3 is 4.98 Å². The van der Waals surface area contributed by atoms with Gasteiger partial charge in [-0.2, -0.15) is 5.26 Å². The molecule has 0 saturated heterocycles. The van der Waals surface area contributed by atoms with Crippen molar-refractivity contribution < 1.29 is 0 Å². The van der Waals surface area contributed by atoms with E-state index in [1.54, 1.807) is 0 Å². The van der Waals surface area contributed by atoms with E-state index in [0.717, 1.165) is 22.4 Å². The third-order valence-corrected chi connectivity index (χ3v) is 8.02. The maximum atomic E-state index is 10.3. The molecular formula is C33H55N3. The molecule has 2 atom stereocenters. The molecule has 0 fully saturated rings. The first-order valence-corrected chi connectivity index (χ1v) is 15.6. The number of nitriles is 1. The zero-order chi connectivity index (χ0) is 26.0. The van der Waals surface area contributed by atoms with Crippen LogP contribution in [-0.4, -0.2) is 9.97 Å². The highest BCUT2D eigenvalue weighted by Gasteiger charge is 2.21. The average Bonchev–Trinajstić information content (AvgIpc) is 3.33. The fraction of sp³-hybridized carbons (Fsp3) is 0.758. The van der Waals surface area contributed by atoms with Crippen LogP contribution in [0.3, 0.4) is 0 Å². The van der Waals surface area contributed by atoms with Crippen molar-refractivity contribution >= 4 is 11.0 Å². The second-order valence-electron chi connectivity index (χ2n) is 11.1. The third-order valence-electron chi connectivity index (χ3n) is 8.02. The number of unbranched alkanes of at least 4 members (excludes halogenated alkanes) is 11. The minimum Gasteiger partial charge on any atom is -0.342 e. The summed E-state index contributed by atoms with van der Waals surface area (Å²) in [5, 5.41) is 10.3. The predicted octanol–water partition coefficient (Wildman–Crippen LogP) is 11.1. The normalized spacial score (nSPS) is 13.2. The van der Waals surface area contributed by atoms with E-state index in [9.17, 15) is 5.26 Å². The van der Waals surface area contributed by atoms with E-state index in [-0.39, 0.29) is 0 Å². The first-order chi connectivity index (χ1) is 17.7. The molecule has 0 saturated carbocycles. The van der Waals surface area contributed by atoms with Crippen molar-refractivity contribution in [2.45, 2.75) is 162 Å². The van der Waals surface area contributed by atoms with E-state index >= 15 is 0 Å². The van der Waals surface area contributed by atoms with Crippen molar-refractivity contribution in [1.29, 1.82) is 5.26 Å². The number of benzene rings is 1. The number of imidazole rings is 1. The third kappa shape index (κ3) is 9.91. The van der Waals surface area contributed by atoms with Crippen molar-refractivity contribution in [3.05, 3.63) is 29.1 Å². The summed E-state index contributed by atoms with van der Waals surface area (Å²) in [6.07, 6.45) is 24.1. The number of rotatable bonds is 21. The van der Waals surface area contributed by atoms with Gasteiger partial charge in [0.25, 0.3) is 0 Å². The Hall–Kier alpha value is -1.82. The Labute approximate surface area is 222 Å². The Morgan fingerprint density at radius 2 is 1.17 bits per heavy atom. The molecule has 1 aromatic heterocycles. The van der Waals surface area contributed by atoms with Crippen LogP contribution in [0.4, 0.5) is 0 Å². The SMILES string of the molecule is CCCCCCCC(CCCCCC)c1nc2c(C#N)c(C(CCCC)CCCCCC)ccc2[nH]1. The lowest BCUT2D eigenvalue weighted by molar-refractivity contribution is 0.480. The molecule has 2 unspecified atom stereocenters. The van der Waals surface area contributed by atoms with E-state index < -0.39 is 0 Å². The number of nitrogens with one attached hydrogen (secondary N) is 1. The molecule has 3 nitrogen and oxygen atoms in total. The highest BCUT2D eigenvalue weighted by Crippen LogP contribution is 2.35. The van der Waals surface area contributed by atoms with Gasteiger partial charge in [0, 0.05) is 5.92 Å². The molecule has 2 aromatic rings. The molecule has 1 N–H and O–H groups in total. The average molecular weight is 494 g/mol. The van der Waals surface area contributed by atoms with Gasteiger partial charge in [-0.1, -0.05) is 130 Å². The van der Waals surface area contributed by atoms with Crippen LogP contribution in [0.15, 0.2) is 12.1 Å². The maximum absolute atomic E-state index is 10.3. The van der Waals surface area contributed by atoms with E-state index in [4.69, 9.17) is 4.98 Å². The minimum atomic E-state index is 0.476. The highest BCUT2D eigenvalue weighted by molar-refractivity contribution is 5.83. The van der Waals surface area contributed by atoms with Crippen molar-refractivity contribution in [3.8, 4) is 6.07 Å². The van der Waals surface area contributed by atoms with Gasteiger partial charge in [-0.3, -0.25) is 0 Å². The zero-order valence-electron chi connectivity index (χ0n) is 24.1. The first-order valence-electron chi connectivity index (χ1n) is 15.6. The molecule has 0 radical (unpaired) electrons. The lowest BCUT2D eigenvalue weighted by atomic mass is 9.85. The fourth-order valence-corrected chi connectivity index (χ4v) is 5.71. The van der Waals surface area contributed by atoms with Crippen LogP contribution < -0.4 is 0 Å². The molecule has 0 aliphatic rings. The number of H-pyrrole nitrogens is 1. The number of nitrogens with zero attached hydrogens (tertiary/aromatic N) is 2. The second-order valence-corrected chi connectivity index (χ2v) is 11.1. The Morgan fingerprint density at radius 3 is 1.72 bits per heavy atom. The maximum Gasteiger partial charge on any atom is 0.110 e. The Morgan fingerprint density at radius 1 is 0.667 bits per heavy atom. The van der Waals surface area contributed by atoms with Crippen LogP contribution in [0.2, 0.25) is 0 Å². The molecule has 1 heterocycles. The number of fused-ring (bicyclic) bond motifs is 1. The van der Waals surface area contributed by atoms with Gasteiger partial charge in [-0.15, -0.1) is 0 Å². The Bertz CT molecular complexity index is 875.